The zero-order valence-electron chi connectivity index (χ0n) is 9.87. The van der Waals surface area contributed by atoms with E-state index in [0.717, 1.165) is 6.07 Å². The van der Waals surface area contributed by atoms with Gasteiger partial charge >= 0.3 is 6.18 Å². The Morgan fingerprint density at radius 2 is 1.90 bits per heavy atom. The maximum absolute atomic E-state index is 12.6. The van der Waals surface area contributed by atoms with Crippen molar-refractivity contribution in [1.29, 1.82) is 5.26 Å². The van der Waals surface area contributed by atoms with E-state index in [1.807, 2.05) is 0 Å². The molecule has 0 unspecified atom stereocenters. The second-order valence-corrected chi connectivity index (χ2v) is 4.24. The molecule has 0 saturated carbocycles. The number of aromatic nitrogens is 1. The van der Waals surface area contributed by atoms with Gasteiger partial charge in [0, 0.05) is 6.20 Å². The summed E-state index contributed by atoms with van der Waals surface area (Å²) in [6.07, 6.45) is -3.91. The molecule has 0 radical (unpaired) electrons. The first-order chi connectivity index (χ1) is 9.41. The highest BCUT2D eigenvalue weighted by atomic mass is 35.5. The van der Waals surface area contributed by atoms with E-state index in [1.54, 1.807) is 30.3 Å². The van der Waals surface area contributed by atoms with Crippen molar-refractivity contribution in [3.63, 3.8) is 0 Å². The van der Waals surface area contributed by atoms with Crippen LogP contribution in [-0.2, 0) is 6.18 Å². The SMILES string of the molecule is N#Cc1ncc(C(F)(F)F)cc1Nc1ccccc1Cl. The van der Waals surface area contributed by atoms with Gasteiger partial charge in [-0.2, -0.15) is 18.4 Å². The standard InChI is InChI=1S/C13H7ClF3N3/c14-9-3-1-2-4-10(9)20-11-5-8(13(15,16)17)7-19-12(11)6-18/h1-5,7,20H. The molecule has 2 rings (SSSR count). The maximum Gasteiger partial charge on any atom is 0.417 e. The van der Waals surface area contributed by atoms with Crippen molar-refractivity contribution in [2.75, 3.05) is 5.32 Å². The van der Waals surface area contributed by atoms with Crippen molar-refractivity contribution < 1.29 is 13.2 Å². The van der Waals surface area contributed by atoms with E-state index in [9.17, 15) is 13.2 Å². The van der Waals surface area contributed by atoms with Gasteiger partial charge in [0.2, 0.25) is 0 Å². The van der Waals surface area contributed by atoms with Gasteiger partial charge in [-0.25, -0.2) is 4.98 Å². The Hall–Kier alpha value is -2.26. The Balaban J connectivity index is 2.45. The quantitative estimate of drug-likeness (QED) is 0.895. The Labute approximate surface area is 117 Å². The lowest BCUT2D eigenvalue weighted by Gasteiger charge is -2.12. The predicted octanol–water partition coefficient (Wildman–Crippen LogP) is 4.37. The normalized spacial score (nSPS) is 10.9. The van der Waals surface area contributed by atoms with E-state index in [2.05, 4.69) is 10.3 Å². The second kappa shape index (κ2) is 5.39. The van der Waals surface area contributed by atoms with Crippen LogP contribution in [0.3, 0.4) is 0 Å². The van der Waals surface area contributed by atoms with Crippen LogP contribution >= 0.6 is 11.6 Å². The van der Waals surface area contributed by atoms with E-state index < -0.39 is 11.7 Å². The number of alkyl halides is 3. The number of halogens is 4. The largest absolute Gasteiger partial charge is 0.417 e. The molecule has 1 heterocycles. The molecule has 2 aromatic rings. The number of nitriles is 1. The summed E-state index contributed by atoms with van der Waals surface area (Å²) in [5.41, 5.74) is -0.730. The van der Waals surface area contributed by atoms with Crippen molar-refractivity contribution in [3.8, 4) is 6.07 Å². The van der Waals surface area contributed by atoms with E-state index in [0.29, 0.717) is 16.9 Å². The highest BCUT2D eigenvalue weighted by molar-refractivity contribution is 6.33. The monoisotopic (exact) mass is 297 g/mol. The fraction of sp³-hybridized carbons (Fsp3) is 0.0769. The first-order valence-corrected chi connectivity index (χ1v) is 5.78. The molecule has 0 fully saturated rings. The second-order valence-electron chi connectivity index (χ2n) is 3.83. The van der Waals surface area contributed by atoms with Crippen LogP contribution < -0.4 is 5.32 Å². The van der Waals surface area contributed by atoms with Crippen LogP contribution in [0.15, 0.2) is 36.5 Å². The van der Waals surface area contributed by atoms with Crippen molar-refractivity contribution in [2.24, 2.45) is 0 Å². The van der Waals surface area contributed by atoms with Gasteiger partial charge in [-0.1, -0.05) is 23.7 Å². The number of hydrogen-bond acceptors (Lipinski definition) is 3. The Morgan fingerprint density at radius 1 is 1.20 bits per heavy atom. The molecule has 3 nitrogen and oxygen atoms in total. The minimum atomic E-state index is -4.53. The number of pyridine rings is 1. The molecule has 0 atom stereocenters. The van der Waals surface area contributed by atoms with Gasteiger partial charge in [0.15, 0.2) is 5.69 Å². The number of nitrogens with one attached hydrogen (secondary N) is 1. The summed E-state index contributed by atoms with van der Waals surface area (Å²) in [7, 11) is 0. The van der Waals surface area contributed by atoms with Crippen LogP contribution in [-0.4, -0.2) is 4.98 Å². The third-order valence-electron chi connectivity index (χ3n) is 2.46. The van der Waals surface area contributed by atoms with Gasteiger partial charge in [-0.15, -0.1) is 0 Å². The molecule has 7 heteroatoms. The van der Waals surface area contributed by atoms with Crippen LogP contribution in [0.2, 0.25) is 5.02 Å². The molecular formula is C13H7ClF3N3. The van der Waals surface area contributed by atoms with E-state index in [1.165, 1.54) is 0 Å². The molecule has 20 heavy (non-hydrogen) atoms. The Morgan fingerprint density at radius 3 is 2.50 bits per heavy atom. The number of hydrogen-bond donors (Lipinski definition) is 1. The van der Waals surface area contributed by atoms with Crippen molar-refractivity contribution in [1.82, 2.24) is 4.98 Å². The number of benzene rings is 1. The van der Waals surface area contributed by atoms with Gasteiger partial charge in [0.1, 0.15) is 6.07 Å². The molecule has 0 spiro atoms. The van der Waals surface area contributed by atoms with Crippen molar-refractivity contribution in [2.45, 2.75) is 6.18 Å². The lowest BCUT2D eigenvalue weighted by Crippen LogP contribution is -2.07. The predicted molar refractivity (Wildman–Crippen MR) is 68.7 cm³/mol. The fourth-order valence-corrected chi connectivity index (χ4v) is 1.69. The van der Waals surface area contributed by atoms with Gasteiger partial charge < -0.3 is 5.32 Å². The highest BCUT2D eigenvalue weighted by Crippen LogP contribution is 2.33. The minimum absolute atomic E-state index is 0.0459. The number of para-hydroxylation sites is 1. The first kappa shape index (κ1) is 14.2. The summed E-state index contributed by atoms with van der Waals surface area (Å²) in [5, 5.41) is 11.9. The number of nitrogens with zero attached hydrogens (tertiary/aromatic N) is 2. The topological polar surface area (TPSA) is 48.7 Å². The zero-order chi connectivity index (χ0) is 14.8. The zero-order valence-corrected chi connectivity index (χ0v) is 10.6. The summed E-state index contributed by atoms with van der Waals surface area (Å²) in [6, 6.07) is 9.08. The third-order valence-corrected chi connectivity index (χ3v) is 2.79. The fourth-order valence-electron chi connectivity index (χ4n) is 1.51. The van der Waals surface area contributed by atoms with Gasteiger partial charge in [0.25, 0.3) is 0 Å². The van der Waals surface area contributed by atoms with Gasteiger partial charge in [-0.3, -0.25) is 0 Å². The Bertz CT molecular complexity index is 677. The first-order valence-electron chi connectivity index (χ1n) is 5.40. The molecule has 0 aliphatic heterocycles. The molecule has 102 valence electrons. The Kier molecular flexibility index (Phi) is 3.81. The summed E-state index contributed by atoms with van der Waals surface area (Å²) >= 11 is 5.91. The summed E-state index contributed by atoms with van der Waals surface area (Å²) < 4.78 is 37.9. The van der Waals surface area contributed by atoms with E-state index >= 15 is 0 Å². The summed E-state index contributed by atoms with van der Waals surface area (Å²) in [4.78, 5) is 3.50. The van der Waals surface area contributed by atoms with E-state index in [-0.39, 0.29) is 11.4 Å². The van der Waals surface area contributed by atoms with Gasteiger partial charge in [0.05, 0.1) is 22.0 Å². The van der Waals surface area contributed by atoms with E-state index in [4.69, 9.17) is 16.9 Å². The average Bonchev–Trinajstić information content (AvgIpc) is 2.40. The number of rotatable bonds is 2. The molecule has 1 aromatic heterocycles. The molecular weight excluding hydrogens is 291 g/mol. The van der Waals surface area contributed by atoms with Crippen LogP contribution in [0.25, 0.3) is 0 Å². The summed E-state index contributed by atoms with van der Waals surface area (Å²) in [5.74, 6) is 0. The lowest BCUT2D eigenvalue weighted by molar-refractivity contribution is -0.137. The molecule has 1 N–H and O–H groups in total. The molecule has 1 aromatic carbocycles. The third kappa shape index (κ3) is 3.00. The van der Waals surface area contributed by atoms with Crippen molar-refractivity contribution in [3.05, 3.63) is 52.8 Å². The summed E-state index contributed by atoms with van der Waals surface area (Å²) in [6.45, 7) is 0. The van der Waals surface area contributed by atoms with Crippen molar-refractivity contribution >= 4 is 23.0 Å². The number of anilines is 2. The molecule has 0 amide bonds. The maximum atomic E-state index is 12.6. The molecule has 0 aliphatic rings. The smallest absolute Gasteiger partial charge is 0.352 e. The highest BCUT2D eigenvalue weighted by Gasteiger charge is 2.31. The molecule has 0 bridgehead atoms. The average molecular weight is 298 g/mol. The molecule has 0 saturated heterocycles. The van der Waals surface area contributed by atoms with Crippen LogP contribution in [0.5, 0.6) is 0 Å². The van der Waals surface area contributed by atoms with Crippen LogP contribution in [0.4, 0.5) is 24.5 Å². The van der Waals surface area contributed by atoms with Crippen LogP contribution in [0.1, 0.15) is 11.3 Å². The molecule has 0 aliphatic carbocycles. The van der Waals surface area contributed by atoms with Gasteiger partial charge in [-0.05, 0) is 18.2 Å². The lowest BCUT2D eigenvalue weighted by atomic mass is 10.2. The minimum Gasteiger partial charge on any atom is -0.352 e. The van der Waals surface area contributed by atoms with Crippen LogP contribution in [0, 0.1) is 11.3 Å².